The fourth-order valence-electron chi connectivity index (χ4n) is 2.17. The third-order valence-electron chi connectivity index (χ3n) is 3.25. The van der Waals surface area contributed by atoms with Gasteiger partial charge in [0, 0.05) is 11.9 Å². The maximum Gasteiger partial charge on any atom is 0.137 e. The summed E-state index contributed by atoms with van der Waals surface area (Å²) in [7, 11) is 0. The van der Waals surface area contributed by atoms with E-state index < -0.39 is 0 Å². The number of nitrogens with zero attached hydrogens (tertiary/aromatic N) is 2. The van der Waals surface area contributed by atoms with Crippen LogP contribution in [0.2, 0.25) is 5.02 Å². The van der Waals surface area contributed by atoms with Crippen molar-refractivity contribution < 1.29 is 4.74 Å². The molecular formula is C17H16ClN3O. The van der Waals surface area contributed by atoms with E-state index in [2.05, 4.69) is 15.3 Å². The molecule has 0 amide bonds. The summed E-state index contributed by atoms with van der Waals surface area (Å²) in [5, 5.41) is 4.99. The van der Waals surface area contributed by atoms with E-state index in [1.54, 1.807) is 6.33 Å². The highest BCUT2D eigenvalue weighted by Crippen LogP contribution is 2.23. The number of hydrogen-bond acceptors (Lipinski definition) is 4. The van der Waals surface area contributed by atoms with Crippen molar-refractivity contribution in [3.63, 3.8) is 0 Å². The number of hydrogen-bond donors (Lipinski definition) is 1. The van der Waals surface area contributed by atoms with Gasteiger partial charge in [0.15, 0.2) is 0 Å². The molecule has 22 heavy (non-hydrogen) atoms. The molecule has 1 aromatic heterocycles. The van der Waals surface area contributed by atoms with Crippen molar-refractivity contribution in [2.75, 3.05) is 18.5 Å². The first-order valence-corrected chi connectivity index (χ1v) is 7.53. The quantitative estimate of drug-likeness (QED) is 0.694. The Bertz CT molecular complexity index is 758. The second-order valence-electron chi connectivity index (χ2n) is 4.80. The van der Waals surface area contributed by atoms with E-state index in [0.29, 0.717) is 11.6 Å². The van der Waals surface area contributed by atoms with Crippen LogP contribution >= 0.6 is 11.6 Å². The molecule has 0 aliphatic heterocycles. The van der Waals surface area contributed by atoms with E-state index in [0.717, 1.165) is 35.4 Å². The van der Waals surface area contributed by atoms with Crippen LogP contribution in [0.3, 0.4) is 0 Å². The van der Waals surface area contributed by atoms with Gasteiger partial charge in [0.1, 0.15) is 17.9 Å². The van der Waals surface area contributed by atoms with Crippen molar-refractivity contribution in [1.82, 2.24) is 9.97 Å². The van der Waals surface area contributed by atoms with Gasteiger partial charge in [-0.15, -0.1) is 0 Å². The van der Waals surface area contributed by atoms with Gasteiger partial charge in [-0.25, -0.2) is 9.97 Å². The third kappa shape index (κ3) is 3.46. The van der Waals surface area contributed by atoms with E-state index in [1.807, 2.05) is 48.5 Å². The van der Waals surface area contributed by atoms with Crippen LogP contribution in [0, 0.1) is 0 Å². The summed E-state index contributed by atoms with van der Waals surface area (Å²) in [6.45, 7) is 1.37. The summed E-state index contributed by atoms with van der Waals surface area (Å²) in [6, 6.07) is 15.4. The molecule has 0 fully saturated rings. The van der Waals surface area contributed by atoms with E-state index in [9.17, 15) is 0 Å². The number of ether oxygens (including phenoxy) is 1. The molecule has 0 saturated carbocycles. The zero-order valence-electron chi connectivity index (χ0n) is 12.0. The van der Waals surface area contributed by atoms with E-state index in [1.165, 1.54) is 0 Å². The standard InChI is InChI=1S/C17H16ClN3O/c18-14-7-2-4-9-16(14)22-11-5-10-19-17-13-6-1-3-8-15(13)20-12-21-17/h1-4,6-9,12H,5,10-11H2,(H,19,20,21). The van der Waals surface area contributed by atoms with E-state index in [-0.39, 0.29) is 0 Å². The minimum Gasteiger partial charge on any atom is -0.492 e. The lowest BCUT2D eigenvalue weighted by Gasteiger charge is -2.10. The minimum atomic E-state index is 0.597. The van der Waals surface area contributed by atoms with Gasteiger partial charge < -0.3 is 10.1 Å². The van der Waals surface area contributed by atoms with Crippen LogP contribution in [-0.4, -0.2) is 23.1 Å². The van der Waals surface area contributed by atoms with E-state index >= 15 is 0 Å². The van der Waals surface area contributed by atoms with Crippen LogP contribution in [0.4, 0.5) is 5.82 Å². The molecule has 0 bridgehead atoms. The van der Waals surface area contributed by atoms with Gasteiger partial charge in [0.25, 0.3) is 0 Å². The number of nitrogens with one attached hydrogen (secondary N) is 1. The molecular weight excluding hydrogens is 298 g/mol. The summed E-state index contributed by atoms with van der Waals surface area (Å²) in [5.41, 5.74) is 0.937. The number of aromatic nitrogens is 2. The van der Waals surface area contributed by atoms with E-state index in [4.69, 9.17) is 16.3 Å². The molecule has 0 spiro atoms. The Labute approximate surface area is 134 Å². The van der Waals surface area contributed by atoms with Gasteiger partial charge in [-0.05, 0) is 30.7 Å². The molecule has 2 aromatic carbocycles. The first-order valence-electron chi connectivity index (χ1n) is 7.15. The highest BCUT2D eigenvalue weighted by molar-refractivity contribution is 6.32. The van der Waals surface area contributed by atoms with Gasteiger partial charge in [0.05, 0.1) is 17.1 Å². The van der Waals surface area contributed by atoms with Crippen molar-refractivity contribution in [2.45, 2.75) is 6.42 Å². The average molecular weight is 314 g/mol. The Morgan fingerprint density at radius 2 is 1.82 bits per heavy atom. The first kappa shape index (κ1) is 14.6. The Morgan fingerprint density at radius 1 is 1.00 bits per heavy atom. The fraction of sp³-hybridized carbons (Fsp3) is 0.176. The van der Waals surface area contributed by atoms with Crippen molar-refractivity contribution >= 4 is 28.3 Å². The van der Waals surface area contributed by atoms with Crippen molar-refractivity contribution in [3.8, 4) is 5.75 Å². The zero-order chi connectivity index (χ0) is 15.2. The highest BCUT2D eigenvalue weighted by Gasteiger charge is 2.02. The molecule has 4 nitrogen and oxygen atoms in total. The van der Waals surface area contributed by atoms with Gasteiger partial charge in [-0.2, -0.15) is 0 Å². The molecule has 0 radical (unpaired) electrons. The maximum atomic E-state index is 6.04. The maximum absolute atomic E-state index is 6.04. The van der Waals surface area contributed by atoms with Crippen LogP contribution in [0.25, 0.3) is 10.9 Å². The van der Waals surface area contributed by atoms with Crippen LogP contribution in [-0.2, 0) is 0 Å². The molecule has 112 valence electrons. The smallest absolute Gasteiger partial charge is 0.137 e. The topological polar surface area (TPSA) is 47.0 Å². The van der Waals surface area contributed by atoms with Crippen molar-refractivity contribution in [1.29, 1.82) is 0 Å². The minimum absolute atomic E-state index is 0.597. The Morgan fingerprint density at radius 3 is 2.73 bits per heavy atom. The summed E-state index contributed by atoms with van der Waals surface area (Å²) < 4.78 is 5.66. The number of halogens is 1. The lowest BCUT2D eigenvalue weighted by molar-refractivity contribution is 0.315. The van der Waals surface area contributed by atoms with Crippen LogP contribution in [0.15, 0.2) is 54.9 Å². The summed E-state index contributed by atoms with van der Waals surface area (Å²) >= 11 is 6.04. The average Bonchev–Trinajstić information content (AvgIpc) is 2.56. The molecule has 0 unspecified atom stereocenters. The predicted molar refractivity (Wildman–Crippen MR) is 89.6 cm³/mol. The Balaban J connectivity index is 1.52. The monoisotopic (exact) mass is 313 g/mol. The van der Waals surface area contributed by atoms with Gasteiger partial charge in [-0.3, -0.25) is 0 Å². The zero-order valence-corrected chi connectivity index (χ0v) is 12.8. The second-order valence-corrected chi connectivity index (χ2v) is 5.21. The molecule has 5 heteroatoms. The van der Waals surface area contributed by atoms with Gasteiger partial charge in [-0.1, -0.05) is 35.9 Å². The third-order valence-corrected chi connectivity index (χ3v) is 3.56. The molecule has 1 heterocycles. The normalized spacial score (nSPS) is 10.6. The van der Waals surface area contributed by atoms with Crippen LogP contribution in [0.1, 0.15) is 6.42 Å². The molecule has 0 aliphatic rings. The SMILES string of the molecule is Clc1ccccc1OCCCNc1ncnc2ccccc12. The molecule has 0 saturated heterocycles. The number of fused-ring (bicyclic) bond motifs is 1. The summed E-state index contributed by atoms with van der Waals surface area (Å²) in [4.78, 5) is 8.54. The predicted octanol–water partition coefficient (Wildman–Crippen LogP) is 4.16. The summed E-state index contributed by atoms with van der Waals surface area (Å²) in [6.07, 6.45) is 2.43. The number of benzene rings is 2. The van der Waals surface area contributed by atoms with Crippen molar-refractivity contribution in [2.24, 2.45) is 0 Å². The van der Waals surface area contributed by atoms with Crippen LogP contribution in [0.5, 0.6) is 5.75 Å². The Hall–Kier alpha value is -2.33. The lowest BCUT2D eigenvalue weighted by Crippen LogP contribution is -2.09. The Kier molecular flexibility index (Phi) is 4.71. The molecule has 3 rings (SSSR count). The van der Waals surface area contributed by atoms with Gasteiger partial charge in [0.2, 0.25) is 0 Å². The molecule has 1 N–H and O–H groups in total. The van der Waals surface area contributed by atoms with Crippen LogP contribution < -0.4 is 10.1 Å². The molecule has 3 aromatic rings. The lowest BCUT2D eigenvalue weighted by atomic mass is 10.2. The first-order chi connectivity index (χ1) is 10.8. The second kappa shape index (κ2) is 7.09. The highest BCUT2D eigenvalue weighted by atomic mass is 35.5. The molecule has 0 aliphatic carbocycles. The summed E-state index contributed by atoms with van der Waals surface area (Å²) in [5.74, 6) is 1.57. The largest absolute Gasteiger partial charge is 0.492 e. The van der Waals surface area contributed by atoms with Gasteiger partial charge >= 0.3 is 0 Å². The number of anilines is 1. The number of rotatable bonds is 6. The number of para-hydroxylation sites is 2. The molecule has 0 atom stereocenters. The fourth-order valence-corrected chi connectivity index (χ4v) is 2.36. The van der Waals surface area contributed by atoms with Crippen molar-refractivity contribution in [3.05, 3.63) is 59.9 Å².